The summed E-state index contributed by atoms with van der Waals surface area (Å²) < 4.78 is 33.0. The van der Waals surface area contributed by atoms with Gasteiger partial charge in [-0.15, -0.1) is 0 Å². The summed E-state index contributed by atoms with van der Waals surface area (Å²) >= 11 is 0. The van der Waals surface area contributed by atoms with Gasteiger partial charge in [0.2, 0.25) is 0 Å². The third kappa shape index (κ3) is 5.39. The van der Waals surface area contributed by atoms with E-state index in [9.17, 15) is 13.2 Å². The van der Waals surface area contributed by atoms with Crippen molar-refractivity contribution in [1.82, 2.24) is 5.32 Å². The number of benzene rings is 3. The quantitative estimate of drug-likeness (QED) is 0.570. The van der Waals surface area contributed by atoms with Crippen LogP contribution in [-0.4, -0.2) is 20.9 Å². The van der Waals surface area contributed by atoms with Gasteiger partial charge in [-0.1, -0.05) is 35.9 Å². The molecule has 0 spiro atoms. The summed E-state index contributed by atoms with van der Waals surface area (Å²) in [5, 5.41) is 2.86. The number of anilines is 1. The first kappa shape index (κ1) is 21.4. The van der Waals surface area contributed by atoms with Crippen LogP contribution in [0.2, 0.25) is 0 Å². The summed E-state index contributed by atoms with van der Waals surface area (Å²) in [6.07, 6.45) is 0. The number of aryl methyl sites for hydroxylation is 1. The third-order valence-electron chi connectivity index (χ3n) is 4.44. The molecular formula is C23H24N2O4S. The van der Waals surface area contributed by atoms with Gasteiger partial charge in [0.15, 0.2) is 0 Å². The SMILES string of the molecule is CCOc1ccccc1CNC(=O)c1ccc(NS(=O)(=O)c2ccc(C)cc2)cc1. The van der Waals surface area contributed by atoms with Crippen LogP contribution in [0, 0.1) is 6.92 Å². The van der Waals surface area contributed by atoms with Crippen LogP contribution >= 0.6 is 0 Å². The first-order chi connectivity index (χ1) is 14.4. The van der Waals surface area contributed by atoms with Crippen molar-refractivity contribution in [3.63, 3.8) is 0 Å². The summed E-state index contributed by atoms with van der Waals surface area (Å²) in [4.78, 5) is 12.6. The molecule has 30 heavy (non-hydrogen) atoms. The molecule has 0 aliphatic carbocycles. The Morgan fingerprint density at radius 1 is 0.933 bits per heavy atom. The zero-order chi connectivity index (χ0) is 21.6. The Labute approximate surface area is 177 Å². The van der Waals surface area contributed by atoms with Gasteiger partial charge in [-0.2, -0.15) is 0 Å². The number of nitrogens with one attached hydrogen (secondary N) is 2. The monoisotopic (exact) mass is 424 g/mol. The molecule has 1 amide bonds. The van der Waals surface area contributed by atoms with Crippen molar-refractivity contribution in [3.8, 4) is 5.75 Å². The molecule has 6 nitrogen and oxygen atoms in total. The summed E-state index contributed by atoms with van der Waals surface area (Å²) in [5.74, 6) is 0.482. The van der Waals surface area contributed by atoms with Crippen LogP contribution in [0.4, 0.5) is 5.69 Å². The van der Waals surface area contributed by atoms with Crippen LogP contribution < -0.4 is 14.8 Å². The Morgan fingerprint density at radius 2 is 1.60 bits per heavy atom. The number of rotatable bonds is 8. The summed E-state index contributed by atoms with van der Waals surface area (Å²) in [7, 11) is -3.68. The predicted octanol–water partition coefficient (Wildman–Crippen LogP) is 4.12. The van der Waals surface area contributed by atoms with Crippen molar-refractivity contribution in [2.24, 2.45) is 0 Å². The molecule has 0 aliphatic heterocycles. The summed E-state index contributed by atoms with van der Waals surface area (Å²) in [6.45, 7) is 4.68. The first-order valence-corrected chi connectivity index (χ1v) is 11.1. The Hall–Kier alpha value is -3.32. The maximum absolute atomic E-state index is 12.5. The average molecular weight is 425 g/mol. The van der Waals surface area contributed by atoms with Crippen LogP contribution in [0.25, 0.3) is 0 Å². The van der Waals surface area contributed by atoms with Gasteiger partial charge in [-0.05, 0) is 56.3 Å². The minimum absolute atomic E-state index is 0.183. The Balaban J connectivity index is 1.64. The standard InChI is InChI=1S/C23H24N2O4S/c1-3-29-22-7-5-4-6-19(22)16-24-23(26)18-10-12-20(13-11-18)25-30(27,28)21-14-8-17(2)9-15-21/h4-15,25H,3,16H2,1-2H3,(H,24,26). The van der Waals surface area contributed by atoms with E-state index in [1.807, 2.05) is 38.1 Å². The van der Waals surface area contributed by atoms with Crippen molar-refractivity contribution in [3.05, 3.63) is 89.5 Å². The number of ether oxygens (including phenoxy) is 1. The number of hydrogen-bond acceptors (Lipinski definition) is 4. The maximum atomic E-state index is 12.5. The van der Waals surface area contributed by atoms with E-state index in [0.717, 1.165) is 16.9 Å². The van der Waals surface area contributed by atoms with E-state index in [1.54, 1.807) is 48.5 Å². The van der Waals surface area contributed by atoms with Gasteiger partial charge < -0.3 is 10.1 Å². The molecule has 0 aliphatic rings. The number of carbonyl (C=O) groups is 1. The Kier molecular flexibility index (Phi) is 6.74. The molecule has 3 rings (SSSR count). The Bertz CT molecular complexity index is 1110. The maximum Gasteiger partial charge on any atom is 0.261 e. The minimum Gasteiger partial charge on any atom is -0.494 e. The van der Waals surface area contributed by atoms with E-state index in [2.05, 4.69) is 10.0 Å². The van der Waals surface area contributed by atoms with E-state index in [4.69, 9.17) is 4.74 Å². The van der Waals surface area contributed by atoms with Crippen LogP contribution in [-0.2, 0) is 16.6 Å². The average Bonchev–Trinajstić information content (AvgIpc) is 2.74. The molecule has 0 fully saturated rings. The lowest BCUT2D eigenvalue weighted by Gasteiger charge is -2.11. The lowest BCUT2D eigenvalue weighted by atomic mass is 10.1. The number of para-hydroxylation sites is 1. The van der Waals surface area contributed by atoms with Gasteiger partial charge in [0.1, 0.15) is 5.75 Å². The molecule has 0 saturated carbocycles. The lowest BCUT2D eigenvalue weighted by molar-refractivity contribution is 0.0950. The van der Waals surface area contributed by atoms with E-state index >= 15 is 0 Å². The first-order valence-electron chi connectivity index (χ1n) is 9.57. The van der Waals surface area contributed by atoms with E-state index in [1.165, 1.54) is 0 Å². The fourth-order valence-corrected chi connectivity index (χ4v) is 3.90. The highest BCUT2D eigenvalue weighted by molar-refractivity contribution is 7.92. The topological polar surface area (TPSA) is 84.5 Å². The molecule has 156 valence electrons. The van der Waals surface area contributed by atoms with Crippen LogP contribution in [0.15, 0.2) is 77.7 Å². The molecule has 3 aromatic carbocycles. The van der Waals surface area contributed by atoms with E-state index in [-0.39, 0.29) is 10.8 Å². The smallest absolute Gasteiger partial charge is 0.261 e. The third-order valence-corrected chi connectivity index (χ3v) is 5.84. The minimum atomic E-state index is -3.68. The lowest BCUT2D eigenvalue weighted by Crippen LogP contribution is -2.23. The number of sulfonamides is 1. The predicted molar refractivity (Wildman–Crippen MR) is 117 cm³/mol. The van der Waals surface area contributed by atoms with Crippen LogP contribution in [0.3, 0.4) is 0 Å². The fraction of sp³-hybridized carbons (Fsp3) is 0.174. The molecule has 0 bridgehead atoms. The van der Waals surface area contributed by atoms with Gasteiger partial charge >= 0.3 is 0 Å². The highest BCUT2D eigenvalue weighted by atomic mass is 32.2. The van der Waals surface area contributed by atoms with Gasteiger partial charge in [0.05, 0.1) is 11.5 Å². The number of carbonyl (C=O) groups excluding carboxylic acids is 1. The highest BCUT2D eigenvalue weighted by Crippen LogP contribution is 2.19. The van der Waals surface area contributed by atoms with E-state index in [0.29, 0.717) is 24.4 Å². The summed E-state index contributed by atoms with van der Waals surface area (Å²) in [5.41, 5.74) is 2.68. The second-order valence-corrected chi connectivity index (χ2v) is 8.40. The zero-order valence-electron chi connectivity index (χ0n) is 16.9. The van der Waals surface area contributed by atoms with Gasteiger partial charge in [-0.25, -0.2) is 8.42 Å². The van der Waals surface area contributed by atoms with Crippen molar-refractivity contribution in [1.29, 1.82) is 0 Å². The molecule has 2 N–H and O–H groups in total. The van der Waals surface area contributed by atoms with Crippen molar-refractivity contribution in [2.45, 2.75) is 25.3 Å². The molecule has 0 radical (unpaired) electrons. The number of hydrogen-bond donors (Lipinski definition) is 2. The second-order valence-electron chi connectivity index (χ2n) is 6.72. The van der Waals surface area contributed by atoms with Crippen LogP contribution in [0.5, 0.6) is 5.75 Å². The zero-order valence-corrected chi connectivity index (χ0v) is 17.7. The largest absolute Gasteiger partial charge is 0.494 e. The summed E-state index contributed by atoms with van der Waals surface area (Å²) in [6, 6.07) is 20.4. The normalized spacial score (nSPS) is 11.0. The Morgan fingerprint density at radius 3 is 2.27 bits per heavy atom. The molecule has 0 aromatic heterocycles. The molecule has 0 unspecified atom stereocenters. The van der Waals surface area contributed by atoms with Gasteiger partial charge in [-0.3, -0.25) is 9.52 Å². The fourth-order valence-electron chi connectivity index (χ4n) is 2.84. The highest BCUT2D eigenvalue weighted by Gasteiger charge is 2.14. The van der Waals surface area contributed by atoms with Crippen molar-refractivity contribution in [2.75, 3.05) is 11.3 Å². The van der Waals surface area contributed by atoms with Crippen molar-refractivity contribution >= 4 is 21.6 Å². The van der Waals surface area contributed by atoms with Gasteiger partial charge in [0, 0.05) is 23.4 Å². The molecule has 0 atom stereocenters. The molecule has 7 heteroatoms. The molecule has 0 heterocycles. The second kappa shape index (κ2) is 9.45. The molecule has 0 saturated heterocycles. The molecular weight excluding hydrogens is 400 g/mol. The van der Waals surface area contributed by atoms with Crippen molar-refractivity contribution < 1.29 is 17.9 Å². The van der Waals surface area contributed by atoms with Gasteiger partial charge in [0.25, 0.3) is 15.9 Å². The molecule has 3 aromatic rings. The van der Waals surface area contributed by atoms with E-state index < -0.39 is 10.0 Å². The number of amides is 1. The van der Waals surface area contributed by atoms with Crippen LogP contribution in [0.1, 0.15) is 28.4 Å².